The third kappa shape index (κ3) is 3.60. The molecule has 2 aromatic rings. The number of benzene rings is 1. The zero-order chi connectivity index (χ0) is 17.1. The Balaban J connectivity index is 1.80. The van der Waals surface area contributed by atoms with Gasteiger partial charge in [0.2, 0.25) is 0 Å². The number of pyridine rings is 1. The summed E-state index contributed by atoms with van der Waals surface area (Å²) in [6, 6.07) is 11.1. The van der Waals surface area contributed by atoms with Gasteiger partial charge < -0.3 is 10.0 Å². The molecule has 1 unspecified atom stereocenters. The minimum atomic E-state index is -0.321. The molecule has 1 aliphatic heterocycles. The van der Waals surface area contributed by atoms with Crippen LogP contribution in [-0.2, 0) is 0 Å². The number of halogens is 1. The van der Waals surface area contributed by atoms with Gasteiger partial charge in [0.1, 0.15) is 0 Å². The van der Waals surface area contributed by atoms with Crippen LogP contribution in [0.1, 0.15) is 30.1 Å². The molecule has 1 atom stereocenters. The summed E-state index contributed by atoms with van der Waals surface area (Å²) in [6.45, 7) is 3.12. The molecule has 1 aromatic carbocycles. The average molecular weight is 345 g/mol. The molecule has 1 N–H and O–H groups in total. The molecule has 0 spiro atoms. The molecule has 0 bridgehead atoms. The summed E-state index contributed by atoms with van der Waals surface area (Å²) < 4.78 is 0. The van der Waals surface area contributed by atoms with Gasteiger partial charge in [-0.2, -0.15) is 0 Å². The smallest absolute Gasteiger partial charge is 0.255 e. The second kappa shape index (κ2) is 7.32. The van der Waals surface area contributed by atoms with Gasteiger partial charge >= 0.3 is 0 Å². The number of aliphatic hydroxyl groups excluding tert-OH is 1. The van der Waals surface area contributed by atoms with E-state index in [1.54, 1.807) is 12.3 Å². The van der Waals surface area contributed by atoms with E-state index in [1.807, 2.05) is 42.2 Å². The van der Waals surface area contributed by atoms with Crippen molar-refractivity contribution in [1.82, 2.24) is 9.88 Å². The number of likely N-dealkylation sites (tertiary alicyclic amines) is 1. The van der Waals surface area contributed by atoms with E-state index in [1.165, 1.54) is 0 Å². The SMILES string of the molecule is CC(O)C1CCN(C(=O)c2cc(-c3ccccn3)ccc2Cl)CC1. The maximum atomic E-state index is 12.8. The molecule has 1 saturated heterocycles. The second-order valence-electron chi connectivity index (χ2n) is 6.28. The monoisotopic (exact) mass is 344 g/mol. The highest BCUT2D eigenvalue weighted by Crippen LogP contribution is 2.27. The molecule has 1 aromatic heterocycles. The van der Waals surface area contributed by atoms with Crippen LogP contribution in [0.4, 0.5) is 0 Å². The first kappa shape index (κ1) is 16.9. The van der Waals surface area contributed by atoms with Crippen LogP contribution < -0.4 is 0 Å². The quantitative estimate of drug-likeness (QED) is 0.925. The largest absolute Gasteiger partial charge is 0.393 e. The Morgan fingerprint density at radius 1 is 1.29 bits per heavy atom. The Morgan fingerprint density at radius 2 is 2.04 bits per heavy atom. The van der Waals surface area contributed by atoms with Crippen LogP contribution >= 0.6 is 11.6 Å². The first-order valence-electron chi connectivity index (χ1n) is 8.24. The number of hydrogen-bond donors (Lipinski definition) is 1. The fourth-order valence-electron chi connectivity index (χ4n) is 3.14. The van der Waals surface area contributed by atoms with Crippen molar-refractivity contribution < 1.29 is 9.90 Å². The number of piperidine rings is 1. The lowest BCUT2D eigenvalue weighted by atomic mass is 9.92. The number of carbonyl (C=O) groups excluding carboxylic acids is 1. The van der Waals surface area contributed by atoms with Crippen molar-refractivity contribution >= 4 is 17.5 Å². The predicted octanol–water partition coefficient (Wildman–Crippen LogP) is 3.64. The van der Waals surface area contributed by atoms with Crippen molar-refractivity contribution in [2.75, 3.05) is 13.1 Å². The van der Waals surface area contributed by atoms with Crippen molar-refractivity contribution in [3.8, 4) is 11.3 Å². The molecular weight excluding hydrogens is 324 g/mol. The van der Waals surface area contributed by atoms with Crippen molar-refractivity contribution in [3.63, 3.8) is 0 Å². The predicted molar refractivity (Wildman–Crippen MR) is 95.0 cm³/mol. The van der Waals surface area contributed by atoms with E-state index in [-0.39, 0.29) is 17.9 Å². The molecule has 2 heterocycles. The molecule has 0 aliphatic carbocycles. The first-order valence-corrected chi connectivity index (χ1v) is 8.62. The van der Waals surface area contributed by atoms with Crippen molar-refractivity contribution in [3.05, 3.63) is 53.2 Å². The van der Waals surface area contributed by atoms with Gasteiger partial charge in [0.15, 0.2) is 0 Å². The van der Waals surface area contributed by atoms with Crippen LogP contribution in [0.25, 0.3) is 11.3 Å². The molecule has 1 aliphatic rings. The van der Waals surface area contributed by atoms with E-state index >= 15 is 0 Å². The van der Waals surface area contributed by atoms with Crippen LogP contribution in [-0.4, -0.2) is 40.1 Å². The van der Waals surface area contributed by atoms with Crippen LogP contribution in [0.15, 0.2) is 42.6 Å². The minimum Gasteiger partial charge on any atom is -0.393 e. The van der Waals surface area contributed by atoms with E-state index < -0.39 is 0 Å². The molecule has 0 saturated carbocycles. The summed E-state index contributed by atoms with van der Waals surface area (Å²) in [5.74, 6) is 0.214. The van der Waals surface area contributed by atoms with Gasteiger partial charge in [0.05, 0.1) is 22.4 Å². The molecule has 126 valence electrons. The lowest BCUT2D eigenvalue weighted by molar-refractivity contribution is 0.0521. The van der Waals surface area contributed by atoms with Gasteiger partial charge in [-0.05, 0) is 49.9 Å². The number of hydrogen-bond acceptors (Lipinski definition) is 3. The molecule has 5 heteroatoms. The van der Waals surface area contributed by atoms with Crippen LogP contribution in [0.5, 0.6) is 0 Å². The highest BCUT2D eigenvalue weighted by atomic mass is 35.5. The zero-order valence-corrected chi connectivity index (χ0v) is 14.4. The lowest BCUT2D eigenvalue weighted by Gasteiger charge is -2.33. The molecule has 0 radical (unpaired) electrons. The van der Waals surface area contributed by atoms with Gasteiger partial charge in [0.25, 0.3) is 5.91 Å². The molecular formula is C19H21ClN2O2. The molecule has 4 nitrogen and oxygen atoms in total. The molecule has 1 fully saturated rings. The van der Waals surface area contributed by atoms with Crippen molar-refractivity contribution in [1.29, 1.82) is 0 Å². The number of carbonyl (C=O) groups is 1. The van der Waals surface area contributed by atoms with E-state index in [0.717, 1.165) is 24.1 Å². The summed E-state index contributed by atoms with van der Waals surface area (Å²) in [7, 11) is 0. The Hall–Kier alpha value is -1.91. The third-order valence-corrected chi connectivity index (χ3v) is 5.00. The summed E-state index contributed by atoms with van der Waals surface area (Å²) >= 11 is 6.27. The zero-order valence-electron chi connectivity index (χ0n) is 13.7. The Labute approximate surface area is 147 Å². The Kier molecular flexibility index (Phi) is 5.17. The summed E-state index contributed by atoms with van der Waals surface area (Å²) in [5.41, 5.74) is 2.20. The van der Waals surface area contributed by atoms with Gasteiger partial charge in [-0.3, -0.25) is 9.78 Å². The summed E-state index contributed by atoms with van der Waals surface area (Å²) in [4.78, 5) is 19.0. The first-order chi connectivity index (χ1) is 11.6. The Bertz CT molecular complexity index is 711. The number of aliphatic hydroxyl groups is 1. The van der Waals surface area contributed by atoms with Gasteiger partial charge in [-0.15, -0.1) is 0 Å². The molecule has 1 amide bonds. The number of aromatic nitrogens is 1. The number of amides is 1. The number of nitrogens with zero attached hydrogens (tertiary/aromatic N) is 2. The van der Waals surface area contributed by atoms with Gasteiger partial charge in [0, 0.05) is 24.8 Å². The topological polar surface area (TPSA) is 53.4 Å². The maximum absolute atomic E-state index is 12.8. The third-order valence-electron chi connectivity index (χ3n) is 4.67. The second-order valence-corrected chi connectivity index (χ2v) is 6.69. The van der Waals surface area contributed by atoms with Gasteiger partial charge in [-0.1, -0.05) is 23.7 Å². The maximum Gasteiger partial charge on any atom is 0.255 e. The fraction of sp³-hybridized carbons (Fsp3) is 0.368. The lowest BCUT2D eigenvalue weighted by Crippen LogP contribution is -2.40. The minimum absolute atomic E-state index is 0.0539. The van der Waals surface area contributed by atoms with Crippen LogP contribution in [0.2, 0.25) is 5.02 Å². The highest BCUT2D eigenvalue weighted by molar-refractivity contribution is 6.34. The van der Waals surface area contributed by atoms with E-state index in [2.05, 4.69) is 4.98 Å². The van der Waals surface area contributed by atoms with Crippen molar-refractivity contribution in [2.24, 2.45) is 5.92 Å². The average Bonchev–Trinajstić information content (AvgIpc) is 2.62. The Morgan fingerprint density at radius 3 is 2.67 bits per heavy atom. The van der Waals surface area contributed by atoms with E-state index in [9.17, 15) is 9.90 Å². The van der Waals surface area contributed by atoms with E-state index in [4.69, 9.17) is 11.6 Å². The van der Waals surface area contributed by atoms with Crippen molar-refractivity contribution in [2.45, 2.75) is 25.9 Å². The summed E-state index contributed by atoms with van der Waals surface area (Å²) in [6.07, 6.45) is 3.05. The number of rotatable bonds is 3. The van der Waals surface area contributed by atoms with Crippen LogP contribution in [0.3, 0.4) is 0 Å². The fourth-order valence-corrected chi connectivity index (χ4v) is 3.34. The standard InChI is InChI=1S/C19H21ClN2O2/c1-13(23)14-7-10-22(11-8-14)19(24)16-12-15(5-6-17(16)20)18-4-2-3-9-21-18/h2-6,9,12-14,23H,7-8,10-11H2,1H3. The highest BCUT2D eigenvalue weighted by Gasteiger charge is 2.27. The molecule has 24 heavy (non-hydrogen) atoms. The van der Waals surface area contributed by atoms with Crippen LogP contribution in [0, 0.1) is 5.92 Å². The van der Waals surface area contributed by atoms with Gasteiger partial charge in [-0.25, -0.2) is 0 Å². The molecule has 3 rings (SSSR count). The normalized spacial score (nSPS) is 16.9. The summed E-state index contributed by atoms with van der Waals surface area (Å²) in [5, 5.41) is 10.1. The van der Waals surface area contributed by atoms with E-state index in [0.29, 0.717) is 23.7 Å².